The zero-order chi connectivity index (χ0) is 23.7. The number of amides is 1. The number of rotatable bonds is 4. The van der Waals surface area contributed by atoms with Crippen LogP contribution < -0.4 is 10.5 Å². The Hall–Kier alpha value is -3.55. The first-order chi connectivity index (χ1) is 15.8. The smallest absolute Gasteiger partial charge is 0.263 e. The van der Waals surface area contributed by atoms with Crippen molar-refractivity contribution in [3.63, 3.8) is 0 Å². The van der Waals surface area contributed by atoms with Crippen LogP contribution in [0, 0.1) is 13.8 Å². The zero-order valence-electron chi connectivity index (χ0n) is 19.9. The molecule has 4 heterocycles. The predicted octanol–water partition coefficient (Wildman–Crippen LogP) is 3.29. The van der Waals surface area contributed by atoms with E-state index in [0.717, 1.165) is 41.8 Å². The number of pyridine rings is 2. The molecule has 0 aliphatic carbocycles. The van der Waals surface area contributed by atoms with Crippen LogP contribution in [-0.4, -0.2) is 51.0 Å². The van der Waals surface area contributed by atoms with Crippen LogP contribution in [0.3, 0.4) is 0 Å². The molecule has 0 unspecified atom stereocenters. The molecule has 8 nitrogen and oxygen atoms in total. The van der Waals surface area contributed by atoms with Crippen LogP contribution in [-0.2, 0) is 7.05 Å². The maximum atomic E-state index is 13.8. The average Bonchev–Trinajstić information content (AvgIpc) is 2.82. The Kier molecular flexibility index (Phi) is 6.26. The van der Waals surface area contributed by atoms with Crippen molar-refractivity contribution in [1.82, 2.24) is 24.4 Å². The maximum Gasteiger partial charge on any atom is 0.263 e. The molecular formula is C25H30N6O2. The third-order valence-electron chi connectivity index (χ3n) is 6.36. The Bertz CT molecular complexity index is 1240. The number of piperidine rings is 1. The highest BCUT2D eigenvalue weighted by Crippen LogP contribution is 2.37. The normalized spacial score (nSPS) is 16.0. The number of likely N-dealkylation sites (tertiary alicyclic amines) is 1. The van der Waals surface area contributed by atoms with Crippen LogP contribution in [0.2, 0.25) is 0 Å². The molecule has 1 atom stereocenters. The fraction of sp³-hybridized carbons (Fsp3) is 0.400. The van der Waals surface area contributed by atoms with Crippen LogP contribution >= 0.6 is 0 Å². The Morgan fingerprint density at radius 1 is 1.15 bits per heavy atom. The average molecular weight is 447 g/mol. The highest BCUT2D eigenvalue weighted by Gasteiger charge is 2.34. The van der Waals surface area contributed by atoms with Crippen molar-refractivity contribution in [2.45, 2.75) is 39.2 Å². The molecule has 0 saturated carbocycles. The van der Waals surface area contributed by atoms with Gasteiger partial charge >= 0.3 is 0 Å². The largest absolute Gasteiger partial charge is 0.347 e. The molecule has 33 heavy (non-hydrogen) atoms. The minimum absolute atomic E-state index is 0.233. The van der Waals surface area contributed by atoms with Crippen molar-refractivity contribution in [2.24, 2.45) is 7.05 Å². The Labute approximate surface area is 193 Å². The third-order valence-corrected chi connectivity index (χ3v) is 6.36. The van der Waals surface area contributed by atoms with Gasteiger partial charge in [-0.05, 0) is 62.4 Å². The minimum atomic E-state index is -0.257. The molecule has 8 heteroatoms. The minimum Gasteiger partial charge on any atom is -0.347 e. The standard InChI is InChI=1S/C25H30N6O2/c1-16-14-17(2)30(5)23(32)21(16)24(33)31-13-7-6-8-20(31)22-19(18-9-11-26-12-10-18)15-27-25(28-22)29(3)4/h9-12,14-15,20H,6-8,13H2,1-5H3/t20-/m0/s1. The van der Waals surface area contributed by atoms with Crippen LogP contribution in [0.4, 0.5) is 5.95 Å². The first-order valence-corrected chi connectivity index (χ1v) is 11.2. The molecule has 4 rings (SSSR count). The lowest BCUT2D eigenvalue weighted by Gasteiger charge is -2.36. The number of aromatic nitrogens is 4. The van der Waals surface area contributed by atoms with Gasteiger partial charge in [-0.3, -0.25) is 14.6 Å². The monoisotopic (exact) mass is 446 g/mol. The number of aryl methyl sites for hydroxylation is 2. The molecule has 0 aromatic carbocycles. The SMILES string of the molecule is Cc1cc(C)n(C)c(=O)c1C(=O)N1CCCC[C@H]1c1nc(N(C)C)ncc1-c1ccncc1. The summed E-state index contributed by atoms with van der Waals surface area (Å²) in [4.78, 5) is 44.1. The molecule has 0 bridgehead atoms. The molecular weight excluding hydrogens is 416 g/mol. The van der Waals surface area contributed by atoms with E-state index in [1.54, 1.807) is 19.4 Å². The van der Waals surface area contributed by atoms with Crippen molar-refractivity contribution in [3.8, 4) is 11.1 Å². The van der Waals surface area contributed by atoms with Gasteiger partial charge in [-0.1, -0.05) is 0 Å². The van der Waals surface area contributed by atoms with Crippen molar-refractivity contribution >= 4 is 11.9 Å². The van der Waals surface area contributed by atoms with E-state index in [1.807, 2.05) is 62.1 Å². The van der Waals surface area contributed by atoms with E-state index in [0.29, 0.717) is 18.1 Å². The second-order valence-corrected chi connectivity index (χ2v) is 8.82. The Morgan fingerprint density at radius 3 is 2.58 bits per heavy atom. The summed E-state index contributed by atoms with van der Waals surface area (Å²) in [5.41, 5.74) is 4.14. The molecule has 3 aromatic rings. The number of anilines is 1. The molecule has 1 aliphatic heterocycles. The summed E-state index contributed by atoms with van der Waals surface area (Å²) in [5.74, 6) is 0.353. The van der Waals surface area contributed by atoms with Gasteiger partial charge in [0.1, 0.15) is 5.56 Å². The molecule has 3 aromatic heterocycles. The second-order valence-electron chi connectivity index (χ2n) is 8.82. The second kappa shape index (κ2) is 9.13. The van der Waals surface area contributed by atoms with E-state index in [1.165, 1.54) is 4.57 Å². The lowest BCUT2D eigenvalue weighted by molar-refractivity contribution is 0.0603. The fourth-order valence-electron chi connectivity index (χ4n) is 4.45. The molecule has 1 aliphatic rings. The summed E-state index contributed by atoms with van der Waals surface area (Å²) in [6, 6.07) is 5.49. The number of nitrogens with zero attached hydrogens (tertiary/aromatic N) is 6. The quantitative estimate of drug-likeness (QED) is 0.612. The van der Waals surface area contributed by atoms with E-state index >= 15 is 0 Å². The van der Waals surface area contributed by atoms with Gasteiger partial charge in [0.15, 0.2) is 0 Å². The first-order valence-electron chi connectivity index (χ1n) is 11.2. The van der Waals surface area contributed by atoms with Gasteiger partial charge in [-0.25, -0.2) is 9.97 Å². The van der Waals surface area contributed by atoms with Gasteiger partial charge in [-0.15, -0.1) is 0 Å². The van der Waals surface area contributed by atoms with Gasteiger partial charge < -0.3 is 14.4 Å². The summed E-state index contributed by atoms with van der Waals surface area (Å²) < 4.78 is 1.54. The van der Waals surface area contributed by atoms with Gasteiger partial charge in [-0.2, -0.15) is 0 Å². The van der Waals surface area contributed by atoms with E-state index in [2.05, 4.69) is 9.97 Å². The topological polar surface area (TPSA) is 84.2 Å². The van der Waals surface area contributed by atoms with E-state index in [9.17, 15) is 9.59 Å². The first kappa shape index (κ1) is 22.6. The van der Waals surface area contributed by atoms with Crippen LogP contribution in [0.25, 0.3) is 11.1 Å². The summed E-state index contributed by atoms with van der Waals surface area (Å²) >= 11 is 0. The van der Waals surface area contributed by atoms with Crippen LogP contribution in [0.1, 0.15) is 52.6 Å². The molecule has 1 fully saturated rings. The molecule has 0 radical (unpaired) electrons. The lowest BCUT2D eigenvalue weighted by atomic mass is 9.93. The zero-order valence-corrected chi connectivity index (χ0v) is 19.9. The maximum absolute atomic E-state index is 13.8. The summed E-state index contributed by atoms with van der Waals surface area (Å²) in [5, 5.41) is 0. The van der Waals surface area contributed by atoms with Crippen molar-refractivity contribution < 1.29 is 4.79 Å². The van der Waals surface area contributed by atoms with E-state index in [4.69, 9.17) is 4.98 Å². The Balaban J connectivity index is 1.85. The fourth-order valence-corrected chi connectivity index (χ4v) is 4.45. The highest BCUT2D eigenvalue weighted by atomic mass is 16.2. The summed E-state index contributed by atoms with van der Waals surface area (Å²) in [6.07, 6.45) is 7.95. The van der Waals surface area contributed by atoms with E-state index in [-0.39, 0.29) is 23.1 Å². The number of carbonyl (C=O) groups excluding carboxylic acids is 1. The van der Waals surface area contributed by atoms with Gasteiger partial charge in [0, 0.05) is 57.5 Å². The molecule has 172 valence electrons. The summed E-state index contributed by atoms with van der Waals surface area (Å²) in [6.45, 7) is 4.28. The Morgan fingerprint density at radius 2 is 1.88 bits per heavy atom. The van der Waals surface area contributed by atoms with Crippen LogP contribution in [0.5, 0.6) is 0 Å². The molecule has 0 spiro atoms. The third kappa shape index (κ3) is 4.25. The molecule has 1 amide bonds. The molecule has 1 saturated heterocycles. The van der Waals surface area contributed by atoms with Gasteiger partial charge in [0.25, 0.3) is 11.5 Å². The van der Waals surface area contributed by atoms with Crippen molar-refractivity contribution in [2.75, 3.05) is 25.5 Å². The highest BCUT2D eigenvalue weighted by molar-refractivity contribution is 5.95. The predicted molar refractivity (Wildman–Crippen MR) is 128 cm³/mol. The summed E-state index contributed by atoms with van der Waals surface area (Å²) in [7, 11) is 5.50. The van der Waals surface area contributed by atoms with Gasteiger partial charge in [0.05, 0.1) is 11.7 Å². The van der Waals surface area contributed by atoms with Gasteiger partial charge in [0.2, 0.25) is 5.95 Å². The van der Waals surface area contributed by atoms with E-state index < -0.39 is 0 Å². The number of hydrogen-bond acceptors (Lipinski definition) is 6. The molecule has 0 N–H and O–H groups in total. The van der Waals surface area contributed by atoms with Crippen molar-refractivity contribution in [3.05, 3.63) is 69.7 Å². The number of carbonyl (C=O) groups is 1. The number of hydrogen-bond donors (Lipinski definition) is 0. The lowest BCUT2D eigenvalue weighted by Crippen LogP contribution is -2.42. The van der Waals surface area contributed by atoms with Crippen molar-refractivity contribution in [1.29, 1.82) is 0 Å². The van der Waals surface area contributed by atoms with Crippen LogP contribution in [0.15, 0.2) is 41.6 Å².